The standard InChI is InChI=1S/C20H15BrClFN2O/c1-12-4-2-3-5-15(12)20(25-26)16-8-6-13(10-18(16)22)24-14-7-9-17(21)19(23)11-14/h2-11,24,26H,1H3. The van der Waals surface area contributed by atoms with Crippen LogP contribution in [0.25, 0.3) is 0 Å². The Morgan fingerprint density at radius 1 is 1.04 bits per heavy atom. The monoisotopic (exact) mass is 432 g/mol. The predicted molar refractivity (Wildman–Crippen MR) is 107 cm³/mol. The summed E-state index contributed by atoms with van der Waals surface area (Å²) < 4.78 is 14.0. The van der Waals surface area contributed by atoms with Crippen molar-refractivity contribution in [2.24, 2.45) is 5.16 Å². The molecular formula is C20H15BrClFN2O. The lowest BCUT2D eigenvalue weighted by molar-refractivity contribution is 0.319. The number of benzene rings is 3. The molecule has 0 spiro atoms. The molecule has 0 heterocycles. The highest BCUT2D eigenvalue weighted by molar-refractivity contribution is 9.10. The Morgan fingerprint density at radius 2 is 1.73 bits per heavy atom. The van der Waals surface area contributed by atoms with Gasteiger partial charge in [0.1, 0.15) is 11.5 Å². The molecule has 0 saturated heterocycles. The summed E-state index contributed by atoms with van der Waals surface area (Å²) in [6.45, 7) is 1.94. The van der Waals surface area contributed by atoms with Crippen molar-refractivity contribution in [3.63, 3.8) is 0 Å². The fourth-order valence-electron chi connectivity index (χ4n) is 2.62. The van der Waals surface area contributed by atoms with Crippen molar-refractivity contribution in [3.8, 4) is 0 Å². The Kier molecular flexibility index (Phi) is 5.59. The molecule has 3 aromatic rings. The first-order chi connectivity index (χ1) is 12.5. The summed E-state index contributed by atoms with van der Waals surface area (Å²) in [6.07, 6.45) is 0. The highest BCUT2D eigenvalue weighted by Gasteiger charge is 2.14. The second-order valence-electron chi connectivity index (χ2n) is 5.71. The lowest BCUT2D eigenvalue weighted by Crippen LogP contribution is -2.06. The van der Waals surface area contributed by atoms with Crippen LogP contribution < -0.4 is 5.32 Å². The summed E-state index contributed by atoms with van der Waals surface area (Å²) in [6, 6.07) is 17.6. The van der Waals surface area contributed by atoms with Crippen molar-refractivity contribution in [3.05, 3.63) is 92.7 Å². The number of nitrogens with zero attached hydrogens (tertiary/aromatic N) is 1. The Morgan fingerprint density at radius 3 is 2.38 bits per heavy atom. The second kappa shape index (κ2) is 7.89. The van der Waals surface area contributed by atoms with Crippen LogP contribution in [0.2, 0.25) is 5.02 Å². The Labute approximate surface area is 164 Å². The van der Waals surface area contributed by atoms with Crippen LogP contribution in [0.1, 0.15) is 16.7 Å². The molecule has 0 fully saturated rings. The van der Waals surface area contributed by atoms with E-state index in [0.29, 0.717) is 32.1 Å². The lowest BCUT2D eigenvalue weighted by atomic mass is 9.98. The van der Waals surface area contributed by atoms with Gasteiger partial charge in [-0.3, -0.25) is 0 Å². The number of nitrogens with one attached hydrogen (secondary N) is 1. The highest BCUT2D eigenvalue weighted by atomic mass is 79.9. The molecule has 0 aliphatic carbocycles. The topological polar surface area (TPSA) is 44.6 Å². The van der Waals surface area contributed by atoms with E-state index in [9.17, 15) is 9.60 Å². The average Bonchev–Trinajstić information content (AvgIpc) is 2.62. The van der Waals surface area contributed by atoms with Crippen LogP contribution in [0.15, 0.2) is 70.3 Å². The zero-order chi connectivity index (χ0) is 18.7. The van der Waals surface area contributed by atoms with Crippen molar-refractivity contribution < 1.29 is 9.60 Å². The summed E-state index contributed by atoms with van der Waals surface area (Å²) in [5, 5.41) is 16.5. The maximum atomic E-state index is 13.6. The number of oxime groups is 1. The van der Waals surface area contributed by atoms with Gasteiger partial charge in [-0.15, -0.1) is 0 Å². The van der Waals surface area contributed by atoms with Gasteiger partial charge >= 0.3 is 0 Å². The normalized spacial score (nSPS) is 11.5. The van der Waals surface area contributed by atoms with Crippen molar-refractivity contribution in [2.75, 3.05) is 5.32 Å². The number of aryl methyl sites for hydroxylation is 1. The summed E-state index contributed by atoms with van der Waals surface area (Å²) in [5.74, 6) is -0.355. The molecule has 0 aliphatic heterocycles. The zero-order valence-electron chi connectivity index (χ0n) is 13.8. The van der Waals surface area contributed by atoms with Crippen LogP contribution >= 0.6 is 27.5 Å². The summed E-state index contributed by atoms with van der Waals surface area (Å²) in [4.78, 5) is 0. The summed E-state index contributed by atoms with van der Waals surface area (Å²) in [5.41, 5.74) is 4.08. The summed E-state index contributed by atoms with van der Waals surface area (Å²) in [7, 11) is 0. The number of hydrogen-bond donors (Lipinski definition) is 2. The van der Waals surface area contributed by atoms with Crippen LogP contribution in [0.3, 0.4) is 0 Å². The molecule has 0 aliphatic rings. The van der Waals surface area contributed by atoms with Gasteiger partial charge < -0.3 is 10.5 Å². The number of halogens is 3. The Hall–Kier alpha value is -2.37. The molecule has 0 atom stereocenters. The molecule has 6 heteroatoms. The van der Waals surface area contributed by atoms with Gasteiger partial charge in [0.2, 0.25) is 0 Å². The first-order valence-electron chi connectivity index (χ1n) is 7.79. The minimum absolute atomic E-state index is 0.355. The molecule has 26 heavy (non-hydrogen) atoms. The van der Waals surface area contributed by atoms with E-state index >= 15 is 0 Å². The third-order valence-corrected chi connectivity index (χ3v) is 4.89. The average molecular weight is 434 g/mol. The van der Waals surface area contributed by atoms with Gasteiger partial charge in [0, 0.05) is 22.5 Å². The lowest BCUT2D eigenvalue weighted by Gasteiger charge is -2.12. The maximum absolute atomic E-state index is 13.6. The fraction of sp³-hybridized carbons (Fsp3) is 0.0500. The smallest absolute Gasteiger partial charge is 0.139 e. The number of hydrogen-bond acceptors (Lipinski definition) is 3. The molecule has 0 bridgehead atoms. The molecular weight excluding hydrogens is 419 g/mol. The van der Waals surface area contributed by atoms with E-state index in [-0.39, 0.29) is 5.82 Å². The quantitative estimate of drug-likeness (QED) is 0.279. The minimum atomic E-state index is -0.355. The van der Waals surface area contributed by atoms with E-state index in [1.165, 1.54) is 6.07 Å². The van der Waals surface area contributed by atoms with E-state index < -0.39 is 0 Å². The Balaban J connectivity index is 1.92. The van der Waals surface area contributed by atoms with Crippen LogP contribution in [-0.2, 0) is 0 Å². The van der Waals surface area contributed by atoms with E-state index in [1.807, 2.05) is 31.2 Å². The van der Waals surface area contributed by atoms with Crippen molar-refractivity contribution in [2.45, 2.75) is 6.92 Å². The first kappa shape index (κ1) is 18.4. The van der Waals surface area contributed by atoms with Crippen LogP contribution in [0, 0.1) is 12.7 Å². The molecule has 0 unspecified atom stereocenters. The maximum Gasteiger partial charge on any atom is 0.139 e. The number of anilines is 2. The van der Waals surface area contributed by atoms with E-state index in [1.54, 1.807) is 30.3 Å². The molecule has 0 saturated carbocycles. The van der Waals surface area contributed by atoms with Crippen molar-refractivity contribution >= 4 is 44.6 Å². The van der Waals surface area contributed by atoms with Gasteiger partial charge in [-0.25, -0.2) is 4.39 Å². The molecule has 132 valence electrons. The first-order valence-corrected chi connectivity index (χ1v) is 8.96. The SMILES string of the molecule is Cc1ccccc1C(=NO)c1ccc(Nc2ccc(Br)c(F)c2)cc1Cl. The van der Waals surface area contributed by atoms with Gasteiger partial charge in [0.05, 0.1) is 9.50 Å². The second-order valence-corrected chi connectivity index (χ2v) is 6.97. The Bertz CT molecular complexity index is 991. The minimum Gasteiger partial charge on any atom is -0.410 e. The van der Waals surface area contributed by atoms with E-state index in [4.69, 9.17) is 11.6 Å². The van der Waals surface area contributed by atoms with E-state index in [2.05, 4.69) is 26.4 Å². The molecule has 0 radical (unpaired) electrons. The summed E-state index contributed by atoms with van der Waals surface area (Å²) >= 11 is 9.54. The van der Waals surface area contributed by atoms with Gasteiger partial charge in [-0.2, -0.15) is 0 Å². The van der Waals surface area contributed by atoms with Crippen molar-refractivity contribution in [1.29, 1.82) is 0 Å². The third kappa shape index (κ3) is 3.89. The molecule has 3 aromatic carbocycles. The zero-order valence-corrected chi connectivity index (χ0v) is 16.1. The van der Waals surface area contributed by atoms with Gasteiger partial charge in [-0.1, -0.05) is 41.0 Å². The highest BCUT2D eigenvalue weighted by Crippen LogP contribution is 2.28. The van der Waals surface area contributed by atoms with Gasteiger partial charge in [0.25, 0.3) is 0 Å². The van der Waals surface area contributed by atoms with Gasteiger partial charge in [-0.05, 0) is 64.8 Å². The third-order valence-electron chi connectivity index (χ3n) is 3.93. The molecule has 3 rings (SSSR count). The van der Waals surface area contributed by atoms with Crippen LogP contribution in [-0.4, -0.2) is 10.9 Å². The predicted octanol–water partition coefficient (Wildman–Crippen LogP) is 6.52. The largest absolute Gasteiger partial charge is 0.410 e. The van der Waals surface area contributed by atoms with Gasteiger partial charge in [0.15, 0.2) is 0 Å². The van der Waals surface area contributed by atoms with E-state index in [0.717, 1.165) is 11.1 Å². The van der Waals surface area contributed by atoms with Crippen molar-refractivity contribution in [1.82, 2.24) is 0 Å². The molecule has 3 nitrogen and oxygen atoms in total. The van der Waals surface area contributed by atoms with Crippen LogP contribution in [0.5, 0.6) is 0 Å². The number of rotatable bonds is 4. The van der Waals surface area contributed by atoms with Crippen LogP contribution in [0.4, 0.5) is 15.8 Å². The molecule has 0 aromatic heterocycles. The fourth-order valence-corrected chi connectivity index (χ4v) is 3.13. The molecule has 0 amide bonds. The molecule has 2 N–H and O–H groups in total.